The third kappa shape index (κ3) is 4.43. The van der Waals surface area contributed by atoms with Crippen LogP contribution >= 0.6 is 0 Å². The zero-order chi connectivity index (χ0) is 20.6. The molecule has 2 aromatic rings. The molecule has 0 saturated carbocycles. The Labute approximate surface area is 167 Å². The van der Waals surface area contributed by atoms with E-state index in [2.05, 4.69) is 25.6 Å². The lowest BCUT2D eigenvalue weighted by Gasteiger charge is -2.27. The molecule has 1 aliphatic rings. The number of imidazole rings is 1. The number of nitrogens with one attached hydrogen (secondary N) is 2. The monoisotopic (exact) mass is 410 g/mol. The first-order valence-electron chi connectivity index (χ1n) is 9.40. The van der Waals surface area contributed by atoms with Gasteiger partial charge in [-0.25, -0.2) is 9.29 Å². The summed E-state index contributed by atoms with van der Waals surface area (Å²) < 4.78 is 25.7. The van der Waals surface area contributed by atoms with Crippen molar-refractivity contribution >= 4 is 34.2 Å². The Morgan fingerprint density at radius 1 is 1.36 bits per heavy atom. The van der Waals surface area contributed by atoms with Gasteiger partial charge < -0.3 is 24.9 Å². The van der Waals surface area contributed by atoms with Crippen molar-refractivity contribution in [3.8, 4) is 0 Å². The van der Waals surface area contributed by atoms with Crippen molar-refractivity contribution in [2.24, 2.45) is 0 Å². The molecule has 3 N–H and O–H groups in total. The highest BCUT2D eigenvalue weighted by Gasteiger charge is 2.27. The van der Waals surface area contributed by atoms with Gasteiger partial charge in [0.05, 0.1) is 18.0 Å². The second-order valence-electron chi connectivity index (χ2n) is 8.07. The second-order valence-corrected chi connectivity index (χ2v) is 9.02. The Morgan fingerprint density at radius 2 is 2.07 bits per heavy atom. The molecule has 1 saturated heterocycles. The van der Waals surface area contributed by atoms with E-state index in [9.17, 15) is 13.9 Å². The van der Waals surface area contributed by atoms with Gasteiger partial charge in [-0.2, -0.15) is 9.97 Å². The molecule has 0 radical (unpaired) electrons. The van der Waals surface area contributed by atoms with Gasteiger partial charge in [0.15, 0.2) is 17.0 Å². The summed E-state index contributed by atoms with van der Waals surface area (Å²) in [7, 11) is 0. The van der Waals surface area contributed by atoms with Crippen molar-refractivity contribution in [2.45, 2.75) is 64.8 Å². The van der Waals surface area contributed by atoms with Gasteiger partial charge in [0, 0.05) is 36.4 Å². The van der Waals surface area contributed by atoms with Crippen molar-refractivity contribution in [1.29, 1.82) is 0 Å². The number of anilines is 2. The predicted molar refractivity (Wildman–Crippen MR) is 108 cm³/mol. The molecule has 3 heterocycles. The highest BCUT2D eigenvalue weighted by atomic mass is 32.2. The molecule has 11 heteroatoms. The van der Waals surface area contributed by atoms with Crippen LogP contribution in [-0.4, -0.2) is 68.5 Å². The smallest absolute Gasteiger partial charge is 0.227 e. The third-order valence-corrected chi connectivity index (χ3v) is 5.84. The number of aromatic nitrogens is 4. The zero-order valence-corrected chi connectivity index (χ0v) is 17.7. The number of hydrogen-bond acceptors (Lipinski definition) is 8. The average Bonchev–Trinajstić information content (AvgIpc) is 3.20. The average molecular weight is 411 g/mol. The normalized spacial score (nSPS) is 20.6. The van der Waals surface area contributed by atoms with Gasteiger partial charge in [-0.05, 0) is 41.0 Å². The SMILES string of the molecule is CC(C)n1cnc2c(NC3CCN(S(=O)[O-])C3)nc(NC(C)C(C)(C)O)nc21. The molecule has 0 amide bonds. The van der Waals surface area contributed by atoms with Crippen LogP contribution in [0, 0.1) is 0 Å². The molecule has 0 bridgehead atoms. The Morgan fingerprint density at radius 3 is 2.64 bits per heavy atom. The van der Waals surface area contributed by atoms with Gasteiger partial charge >= 0.3 is 0 Å². The van der Waals surface area contributed by atoms with E-state index in [1.54, 1.807) is 20.2 Å². The summed E-state index contributed by atoms with van der Waals surface area (Å²) in [6.45, 7) is 10.2. The Kier molecular flexibility index (Phi) is 5.89. The lowest BCUT2D eigenvalue weighted by molar-refractivity contribution is 0.0646. The van der Waals surface area contributed by atoms with Crippen molar-refractivity contribution < 1.29 is 13.9 Å². The number of hydrogen-bond donors (Lipinski definition) is 3. The molecule has 0 aliphatic carbocycles. The van der Waals surface area contributed by atoms with Crippen LogP contribution in [0.1, 0.15) is 47.1 Å². The third-order valence-electron chi connectivity index (χ3n) is 5.09. The number of nitrogens with zero attached hydrogens (tertiary/aromatic N) is 5. The fraction of sp³-hybridized carbons (Fsp3) is 0.706. The van der Waals surface area contributed by atoms with Gasteiger partial charge in [-0.15, -0.1) is 0 Å². The molecule has 3 rings (SSSR count). The minimum Gasteiger partial charge on any atom is -0.760 e. The first-order valence-corrected chi connectivity index (χ1v) is 10.4. The summed E-state index contributed by atoms with van der Waals surface area (Å²) >= 11 is -2.22. The van der Waals surface area contributed by atoms with Crippen LogP contribution in [0.2, 0.25) is 0 Å². The Hall–Kier alpha value is -1.82. The van der Waals surface area contributed by atoms with Crippen LogP contribution < -0.4 is 10.6 Å². The molecular weight excluding hydrogens is 382 g/mol. The minimum atomic E-state index is -2.22. The predicted octanol–water partition coefficient (Wildman–Crippen LogP) is 1.26. The number of rotatable bonds is 7. The molecule has 10 nitrogen and oxygen atoms in total. The largest absolute Gasteiger partial charge is 0.760 e. The molecule has 156 valence electrons. The Balaban J connectivity index is 1.94. The molecule has 1 fully saturated rings. The lowest BCUT2D eigenvalue weighted by Crippen LogP contribution is -2.40. The van der Waals surface area contributed by atoms with E-state index >= 15 is 0 Å². The molecule has 3 unspecified atom stereocenters. The van der Waals surface area contributed by atoms with E-state index in [-0.39, 0.29) is 18.1 Å². The Bertz CT molecular complexity index is 864. The van der Waals surface area contributed by atoms with Crippen molar-refractivity contribution in [3.63, 3.8) is 0 Å². The first kappa shape index (κ1) is 20.9. The van der Waals surface area contributed by atoms with E-state index in [1.807, 2.05) is 25.3 Å². The minimum absolute atomic E-state index is 0.0558. The molecule has 28 heavy (non-hydrogen) atoms. The summed E-state index contributed by atoms with van der Waals surface area (Å²) in [5.41, 5.74) is 0.367. The standard InChI is InChI=1S/C17H29N7O3S/c1-10(2)24-9-18-13-14(20-12-6-7-23(8-12)28(26)27)21-16(22-15(13)24)19-11(3)17(4,5)25/h9-12,25H,6-8H2,1-5H3,(H,26,27)(H2,19,20,21,22)/p-1. The second kappa shape index (κ2) is 7.90. The summed E-state index contributed by atoms with van der Waals surface area (Å²) in [4.78, 5) is 13.6. The summed E-state index contributed by atoms with van der Waals surface area (Å²) in [6.07, 6.45) is 2.42. The summed E-state index contributed by atoms with van der Waals surface area (Å²) in [5, 5.41) is 16.7. The van der Waals surface area contributed by atoms with E-state index in [0.29, 0.717) is 42.4 Å². The van der Waals surface area contributed by atoms with Gasteiger partial charge in [0.25, 0.3) is 0 Å². The molecule has 0 spiro atoms. The topological polar surface area (TPSA) is 131 Å². The number of aliphatic hydroxyl groups is 1. The molecular formula is C17H28N7O3S-. The highest BCUT2D eigenvalue weighted by molar-refractivity contribution is 7.76. The van der Waals surface area contributed by atoms with Gasteiger partial charge in [0.1, 0.15) is 0 Å². The van der Waals surface area contributed by atoms with Crippen LogP contribution in [0.3, 0.4) is 0 Å². The van der Waals surface area contributed by atoms with Crippen molar-refractivity contribution in [2.75, 3.05) is 23.7 Å². The van der Waals surface area contributed by atoms with Crippen molar-refractivity contribution in [3.05, 3.63) is 6.33 Å². The van der Waals surface area contributed by atoms with Crippen LogP contribution in [0.15, 0.2) is 6.33 Å². The molecule has 0 aromatic carbocycles. The van der Waals surface area contributed by atoms with E-state index in [1.165, 1.54) is 4.31 Å². The summed E-state index contributed by atoms with van der Waals surface area (Å²) in [6, 6.07) is -0.171. The maximum Gasteiger partial charge on any atom is 0.227 e. The molecule has 2 aromatic heterocycles. The van der Waals surface area contributed by atoms with Crippen molar-refractivity contribution in [1.82, 2.24) is 23.8 Å². The van der Waals surface area contributed by atoms with Gasteiger partial charge in [-0.1, -0.05) is 0 Å². The quantitative estimate of drug-likeness (QED) is 0.581. The maximum atomic E-state index is 11.2. The first-order chi connectivity index (χ1) is 13.1. The number of fused-ring (bicyclic) bond motifs is 1. The van der Waals surface area contributed by atoms with E-state index < -0.39 is 16.9 Å². The fourth-order valence-corrected chi connectivity index (χ4v) is 3.56. The highest BCUT2D eigenvalue weighted by Crippen LogP contribution is 2.26. The van der Waals surface area contributed by atoms with Crippen LogP contribution in [0.5, 0.6) is 0 Å². The lowest BCUT2D eigenvalue weighted by atomic mass is 10.0. The molecule has 1 aliphatic heterocycles. The fourth-order valence-electron chi connectivity index (χ4n) is 3.00. The van der Waals surface area contributed by atoms with Gasteiger partial charge in [-0.3, -0.25) is 4.21 Å². The molecule has 3 atom stereocenters. The van der Waals surface area contributed by atoms with Crippen LogP contribution in [0.25, 0.3) is 11.2 Å². The van der Waals surface area contributed by atoms with E-state index in [0.717, 1.165) is 0 Å². The van der Waals surface area contributed by atoms with E-state index in [4.69, 9.17) is 0 Å². The van der Waals surface area contributed by atoms with Crippen LogP contribution in [-0.2, 0) is 11.3 Å². The maximum absolute atomic E-state index is 11.2. The van der Waals surface area contributed by atoms with Crippen LogP contribution in [0.4, 0.5) is 11.8 Å². The van der Waals surface area contributed by atoms with Gasteiger partial charge in [0.2, 0.25) is 5.95 Å². The zero-order valence-electron chi connectivity index (χ0n) is 16.8. The summed E-state index contributed by atoms with van der Waals surface area (Å²) in [5.74, 6) is 0.938.